The molecular formula is C26H27BrFN3O4S. The lowest BCUT2D eigenvalue weighted by Crippen LogP contribution is -2.52. The molecule has 0 radical (unpaired) electrons. The lowest BCUT2D eigenvalue weighted by atomic mass is 10.0. The minimum absolute atomic E-state index is 0.0119. The fraction of sp³-hybridized carbons (Fsp3) is 0.231. The predicted molar refractivity (Wildman–Crippen MR) is 141 cm³/mol. The fourth-order valence-corrected chi connectivity index (χ4v) is 4.84. The molecule has 3 rings (SSSR count). The molecule has 0 aliphatic rings. The van der Waals surface area contributed by atoms with Crippen molar-refractivity contribution in [1.29, 1.82) is 0 Å². The number of carbonyl (C=O) groups is 2. The van der Waals surface area contributed by atoms with E-state index in [1.54, 1.807) is 24.3 Å². The maximum atomic E-state index is 13.7. The molecule has 2 amide bonds. The summed E-state index contributed by atoms with van der Waals surface area (Å²) in [6.07, 6.45) is 1.23. The summed E-state index contributed by atoms with van der Waals surface area (Å²) in [7, 11) is -2.35. The second-order valence-electron chi connectivity index (χ2n) is 8.21. The third kappa shape index (κ3) is 7.38. The highest BCUT2D eigenvalue weighted by Gasteiger charge is 2.32. The summed E-state index contributed by atoms with van der Waals surface area (Å²) in [6, 6.07) is 20.4. The average Bonchev–Trinajstić information content (AvgIpc) is 2.86. The second-order valence-corrected chi connectivity index (χ2v) is 11.0. The molecule has 0 saturated carbocycles. The van der Waals surface area contributed by atoms with Gasteiger partial charge in [-0.15, -0.1) is 0 Å². The molecule has 10 heteroatoms. The number of nitrogens with zero attached hydrogens (tertiary/aromatic N) is 2. The first-order valence-corrected chi connectivity index (χ1v) is 13.8. The Hall–Kier alpha value is -3.24. The minimum Gasteiger partial charge on any atom is -0.357 e. The summed E-state index contributed by atoms with van der Waals surface area (Å²) in [5.74, 6) is -1.40. The number of amides is 2. The van der Waals surface area contributed by atoms with Crippen LogP contribution < -0.4 is 9.62 Å². The van der Waals surface area contributed by atoms with Crippen LogP contribution in [0.1, 0.15) is 11.1 Å². The second kappa shape index (κ2) is 12.1. The van der Waals surface area contributed by atoms with Gasteiger partial charge in [-0.25, -0.2) is 12.8 Å². The number of benzene rings is 3. The van der Waals surface area contributed by atoms with Crippen molar-refractivity contribution in [3.63, 3.8) is 0 Å². The van der Waals surface area contributed by atoms with Crippen molar-refractivity contribution in [1.82, 2.24) is 10.2 Å². The lowest BCUT2D eigenvalue weighted by molar-refractivity contribution is -0.139. The molecule has 0 bridgehead atoms. The van der Waals surface area contributed by atoms with E-state index >= 15 is 0 Å². The molecule has 0 aromatic heterocycles. The zero-order chi connectivity index (χ0) is 26.3. The van der Waals surface area contributed by atoms with Crippen LogP contribution in [0.4, 0.5) is 10.1 Å². The first kappa shape index (κ1) is 27.3. The Morgan fingerprint density at radius 3 is 2.11 bits per heavy atom. The van der Waals surface area contributed by atoms with E-state index in [9.17, 15) is 22.4 Å². The molecule has 190 valence electrons. The molecule has 1 atom stereocenters. The highest BCUT2D eigenvalue weighted by molar-refractivity contribution is 9.10. The summed E-state index contributed by atoms with van der Waals surface area (Å²) < 4.78 is 40.6. The van der Waals surface area contributed by atoms with Crippen LogP contribution in [0.2, 0.25) is 0 Å². The summed E-state index contributed by atoms with van der Waals surface area (Å²) in [5, 5.41) is 2.61. The van der Waals surface area contributed by atoms with Crippen LogP contribution in [0.25, 0.3) is 0 Å². The Labute approximate surface area is 219 Å². The van der Waals surface area contributed by atoms with E-state index < -0.39 is 40.2 Å². The SMILES string of the molecule is CNC(=O)C(Cc1ccccc1)N(Cc1ccc(F)cc1)C(=O)CN(c1ccc(Br)cc1)S(C)(=O)=O. The Bertz CT molecular complexity index is 1290. The Morgan fingerprint density at radius 2 is 1.56 bits per heavy atom. The van der Waals surface area contributed by atoms with Crippen molar-refractivity contribution in [2.24, 2.45) is 0 Å². The topological polar surface area (TPSA) is 86.8 Å². The molecule has 0 fully saturated rings. The summed E-state index contributed by atoms with van der Waals surface area (Å²) >= 11 is 3.32. The van der Waals surface area contributed by atoms with Gasteiger partial charge in [0, 0.05) is 24.5 Å². The fourth-order valence-electron chi connectivity index (χ4n) is 3.73. The number of rotatable bonds is 10. The van der Waals surface area contributed by atoms with Crippen molar-refractivity contribution in [2.75, 3.05) is 24.2 Å². The van der Waals surface area contributed by atoms with Crippen molar-refractivity contribution in [2.45, 2.75) is 19.0 Å². The van der Waals surface area contributed by atoms with Gasteiger partial charge in [-0.1, -0.05) is 58.4 Å². The number of likely N-dealkylation sites (N-methyl/N-ethyl adjacent to an activating group) is 1. The number of anilines is 1. The average molecular weight is 576 g/mol. The smallest absolute Gasteiger partial charge is 0.244 e. The van der Waals surface area contributed by atoms with E-state index in [0.29, 0.717) is 11.3 Å². The molecule has 7 nitrogen and oxygen atoms in total. The Balaban J connectivity index is 2.00. The molecular weight excluding hydrogens is 549 g/mol. The van der Waals surface area contributed by atoms with Gasteiger partial charge in [0.05, 0.1) is 11.9 Å². The lowest BCUT2D eigenvalue weighted by Gasteiger charge is -2.33. The van der Waals surface area contributed by atoms with E-state index in [2.05, 4.69) is 21.2 Å². The van der Waals surface area contributed by atoms with E-state index in [1.807, 2.05) is 30.3 Å². The predicted octanol–water partition coefficient (Wildman–Crippen LogP) is 3.74. The third-order valence-electron chi connectivity index (χ3n) is 5.58. The molecule has 0 aliphatic carbocycles. The maximum Gasteiger partial charge on any atom is 0.244 e. The van der Waals surface area contributed by atoms with Crippen LogP contribution in [-0.2, 0) is 32.6 Å². The summed E-state index contributed by atoms with van der Waals surface area (Å²) in [4.78, 5) is 28.1. The van der Waals surface area contributed by atoms with Gasteiger partial charge in [-0.3, -0.25) is 13.9 Å². The maximum absolute atomic E-state index is 13.7. The van der Waals surface area contributed by atoms with Crippen LogP contribution in [-0.4, -0.2) is 51.0 Å². The molecule has 0 aliphatic heterocycles. The molecule has 0 saturated heterocycles. The molecule has 36 heavy (non-hydrogen) atoms. The minimum atomic E-state index is -3.83. The van der Waals surface area contributed by atoms with Gasteiger partial charge in [0.2, 0.25) is 21.8 Å². The van der Waals surface area contributed by atoms with Gasteiger partial charge in [-0.05, 0) is 47.5 Å². The van der Waals surface area contributed by atoms with E-state index in [1.165, 1.54) is 36.2 Å². The van der Waals surface area contributed by atoms with Gasteiger partial charge < -0.3 is 10.2 Å². The van der Waals surface area contributed by atoms with Crippen molar-refractivity contribution < 1.29 is 22.4 Å². The number of nitrogens with one attached hydrogen (secondary N) is 1. The zero-order valence-corrected chi connectivity index (χ0v) is 22.3. The van der Waals surface area contributed by atoms with Gasteiger partial charge >= 0.3 is 0 Å². The standard InChI is InChI=1S/C26H27BrFN3O4S/c1-29-26(33)24(16-19-6-4-3-5-7-19)30(17-20-8-12-22(28)13-9-20)25(32)18-31(36(2,34)35)23-14-10-21(27)11-15-23/h3-15,24H,16-18H2,1-2H3,(H,29,33). The normalized spacial score (nSPS) is 12.0. The Kier molecular flexibility index (Phi) is 9.22. The number of hydrogen-bond acceptors (Lipinski definition) is 4. The molecule has 1 unspecified atom stereocenters. The monoisotopic (exact) mass is 575 g/mol. The van der Waals surface area contributed by atoms with E-state index in [4.69, 9.17) is 0 Å². The van der Waals surface area contributed by atoms with Gasteiger partial charge in [0.25, 0.3) is 0 Å². The van der Waals surface area contributed by atoms with Crippen LogP contribution in [0.5, 0.6) is 0 Å². The summed E-state index contributed by atoms with van der Waals surface area (Å²) in [6.45, 7) is -0.522. The van der Waals surface area contributed by atoms with Crippen LogP contribution >= 0.6 is 15.9 Å². The van der Waals surface area contributed by atoms with Crippen molar-refractivity contribution in [3.05, 3.63) is 100 Å². The van der Waals surface area contributed by atoms with Crippen LogP contribution in [0.15, 0.2) is 83.3 Å². The summed E-state index contributed by atoms with van der Waals surface area (Å²) in [5.41, 5.74) is 1.74. The number of hydrogen-bond donors (Lipinski definition) is 1. The van der Waals surface area contributed by atoms with Crippen molar-refractivity contribution in [3.8, 4) is 0 Å². The highest BCUT2D eigenvalue weighted by Crippen LogP contribution is 2.22. The third-order valence-corrected chi connectivity index (χ3v) is 7.25. The van der Waals surface area contributed by atoms with Crippen LogP contribution in [0.3, 0.4) is 0 Å². The largest absolute Gasteiger partial charge is 0.357 e. The van der Waals surface area contributed by atoms with E-state index in [0.717, 1.165) is 20.6 Å². The molecule has 3 aromatic rings. The van der Waals surface area contributed by atoms with Crippen LogP contribution in [0, 0.1) is 5.82 Å². The highest BCUT2D eigenvalue weighted by atomic mass is 79.9. The number of carbonyl (C=O) groups excluding carboxylic acids is 2. The van der Waals surface area contributed by atoms with E-state index in [-0.39, 0.29) is 13.0 Å². The molecule has 0 spiro atoms. The number of halogens is 2. The quantitative estimate of drug-likeness (QED) is 0.399. The molecule has 0 heterocycles. The van der Waals surface area contributed by atoms with Gasteiger partial charge in [0.15, 0.2) is 0 Å². The molecule has 1 N–H and O–H groups in total. The van der Waals surface area contributed by atoms with Gasteiger partial charge in [-0.2, -0.15) is 0 Å². The molecule has 3 aromatic carbocycles. The zero-order valence-electron chi connectivity index (χ0n) is 19.9. The first-order valence-electron chi connectivity index (χ1n) is 11.1. The van der Waals surface area contributed by atoms with Crippen molar-refractivity contribution >= 4 is 43.5 Å². The first-order chi connectivity index (χ1) is 17.1. The number of sulfonamides is 1. The Morgan fingerprint density at radius 1 is 0.944 bits per heavy atom. The van der Waals surface area contributed by atoms with Gasteiger partial charge in [0.1, 0.15) is 18.4 Å².